The molecule has 1 rings (SSSR count). The quantitative estimate of drug-likeness (QED) is 0.794. The topological polar surface area (TPSA) is 49.3 Å². The molecule has 1 aromatic rings. The van der Waals surface area contributed by atoms with E-state index in [0.29, 0.717) is 13.0 Å². The zero-order valence-corrected chi connectivity index (χ0v) is 11.7. The van der Waals surface area contributed by atoms with Crippen LogP contribution in [0, 0.1) is 5.92 Å². The average molecular weight is 307 g/mol. The standard InChI is InChI=1S/C13H16F3NO2S/c1-9(6-7-18)8-17-12(19)10-4-2-3-5-11(10)20-13(14,15)16/h2-5,9,18H,6-8H2,1H3,(H,17,19). The van der Waals surface area contributed by atoms with E-state index in [1.54, 1.807) is 0 Å². The third kappa shape index (κ3) is 5.83. The molecule has 0 saturated heterocycles. The molecule has 0 aliphatic carbocycles. The molecular weight excluding hydrogens is 291 g/mol. The van der Waals surface area contributed by atoms with E-state index in [1.165, 1.54) is 24.3 Å². The Bertz CT molecular complexity index is 451. The van der Waals surface area contributed by atoms with Crippen LogP contribution in [0.2, 0.25) is 0 Å². The SMILES string of the molecule is CC(CCO)CNC(=O)c1ccccc1SC(F)(F)F. The Morgan fingerprint density at radius 2 is 2.05 bits per heavy atom. The van der Waals surface area contributed by atoms with Gasteiger partial charge in [0.1, 0.15) is 0 Å². The van der Waals surface area contributed by atoms with Crippen molar-refractivity contribution < 1.29 is 23.1 Å². The van der Waals surface area contributed by atoms with Gasteiger partial charge in [-0.25, -0.2) is 0 Å². The van der Waals surface area contributed by atoms with E-state index in [-0.39, 0.29) is 34.7 Å². The number of benzene rings is 1. The molecule has 2 N–H and O–H groups in total. The van der Waals surface area contributed by atoms with Crippen molar-refractivity contribution in [2.24, 2.45) is 5.92 Å². The molecule has 0 heterocycles. The molecule has 20 heavy (non-hydrogen) atoms. The van der Waals surface area contributed by atoms with Crippen LogP contribution in [-0.4, -0.2) is 29.7 Å². The first kappa shape index (κ1) is 16.8. The second-order valence-corrected chi connectivity index (χ2v) is 5.48. The summed E-state index contributed by atoms with van der Waals surface area (Å²) in [6.45, 7) is 2.16. The molecule has 0 aliphatic heterocycles. The van der Waals surface area contributed by atoms with Gasteiger partial charge < -0.3 is 10.4 Å². The van der Waals surface area contributed by atoms with Gasteiger partial charge in [0.25, 0.3) is 5.91 Å². The predicted octanol–water partition coefficient (Wildman–Crippen LogP) is 3.05. The molecule has 0 aliphatic rings. The largest absolute Gasteiger partial charge is 0.446 e. The van der Waals surface area contributed by atoms with Crippen LogP contribution >= 0.6 is 11.8 Å². The lowest BCUT2D eigenvalue weighted by molar-refractivity contribution is -0.0328. The number of nitrogens with one attached hydrogen (secondary N) is 1. The number of aliphatic hydroxyl groups is 1. The Morgan fingerprint density at radius 1 is 1.40 bits per heavy atom. The first-order valence-electron chi connectivity index (χ1n) is 6.07. The van der Waals surface area contributed by atoms with E-state index in [4.69, 9.17) is 5.11 Å². The molecular formula is C13H16F3NO2S. The van der Waals surface area contributed by atoms with Crippen LogP contribution in [0.1, 0.15) is 23.7 Å². The van der Waals surface area contributed by atoms with Gasteiger partial charge in [-0.3, -0.25) is 4.79 Å². The fraction of sp³-hybridized carbons (Fsp3) is 0.462. The van der Waals surface area contributed by atoms with E-state index in [2.05, 4.69) is 5.32 Å². The van der Waals surface area contributed by atoms with Crippen LogP contribution in [0.4, 0.5) is 13.2 Å². The molecule has 7 heteroatoms. The Kier molecular flexibility index (Phi) is 6.35. The van der Waals surface area contributed by atoms with Gasteiger partial charge in [-0.05, 0) is 36.2 Å². The second kappa shape index (κ2) is 7.54. The highest BCUT2D eigenvalue weighted by atomic mass is 32.2. The van der Waals surface area contributed by atoms with E-state index < -0.39 is 11.4 Å². The normalized spacial score (nSPS) is 13.1. The van der Waals surface area contributed by atoms with Gasteiger partial charge in [-0.1, -0.05) is 19.1 Å². The van der Waals surface area contributed by atoms with Crippen molar-refractivity contribution in [1.82, 2.24) is 5.32 Å². The van der Waals surface area contributed by atoms with Crippen molar-refractivity contribution in [3.8, 4) is 0 Å². The first-order chi connectivity index (χ1) is 9.33. The second-order valence-electron chi connectivity index (χ2n) is 4.37. The molecule has 1 unspecified atom stereocenters. The molecule has 1 aromatic carbocycles. The van der Waals surface area contributed by atoms with Crippen LogP contribution in [0.15, 0.2) is 29.2 Å². The van der Waals surface area contributed by atoms with Gasteiger partial charge in [0, 0.05) is 18.0 Å². The summed E-state index contributed by atoms with van der Waals surface area (Å²) in [5.74, 6) is -0.478. The first-order valence-corrected chi connectivity index (χ1v) is 6.89. The Balaban J connectivity index is 2.73. The molecule has 1 amide bonds. The maximum absolute atomic E-state index is 12.4. The third-order valence-corrected chi connectivity index (χ3v) is 3.40. The summed E-state index contributed by atoms with van der Waals surface area (Å²) < 4.78 is 37.2. The third-order valence-electron chi connectivity index (χ3n) is 2.59. The van der Waals surface area contributed by atoms with Crippen LogP contribution in [0.5, 0.6) is 0 Å². The zero-order chi connectivity index (χ0) is 15.2. The van der Waals surface area contributed by atoms with E-state index >= 15 is 0 Å². The summed E-state index contributed by atoms with van der Waals surface area (Å²) in [5.41, 5.74) is -4.42. The van der Waals surface area contributed by atoms with Gasteiger partial charge in [0.05, 0.1) is 5.56 Å². The highest BCUT2D eigenvalue weighted by molar-refractivity contribution is 8.00. The number of hydrogen-bond donors (Lipinski definition) is 2. The van der Waals surface area contributed by atoms with Gasteiger partial charge in [-0.2, -0.15) is 13.2 Å². The van der Waals surface area contributed by atoms with E-state index in [0.717, 1.165) is 0 Å². The minimum atomic E-state index is -4.43. The lowest BCUT2D eigenvalue weighted by Gasteiger charge is -2.13. The van der Waals surface area contributed by atoms with Gasteiger partial charge in [0.2, 0.25) is 0 Å². The number of amides is 1. The molecule has 1 atom stereocenters. The van der Waals surface area contributed by atoms with Crippen LogP contribution in [0.3, 0.4) is 0 Å². The molecule has 0 radical (unpaired) electrons. The number of alkyl halides is 3. The Labute approximate surface area is 119 Å². The van der Waals surface area contributed by atoms with Crippen LogP contribution < -0.4 is 5.32 Å². The maximum atomic E-state index is 12.4. The minimum absolute atomic E-state index is 0.00558. The molecule has 0 bridgehead atoms. The number of carbonyl (C=O) groups excluding carboxylic acids is 1. The molecule has 112 valence electrons. The zero-order valence-electron chi connectivity index (χ0n) is 10.9. The monoisotopic (exact) mass is 307 g/mol. The van der Waals surface area contributed by atoms with E-state index in [1.807, 2.05) is 6.92 Å². The van der Waals surface area contributed by atoms with Gasteiger partial charge >= 0.3 is 5.51 Å². The van der Waals surface area contributed by atoms with Gasteiger partial charge in [0.15, 0.2) is 0 Å². The summed E-state index contributed by atoms with van der Waals surface area (Å²) in [6, 6.07) is 5.61. The van der Waals surface area contributed by atoms with Crippen molar-refractivity contribution in [3.63, 3.8) is 0 Å². The molecule has 0 fully saturated rings. The van der Waals surface area contributed by atoms with Crippen molar-refractivity contribution in [3.05, 3.63) is 29.8 Å². The lowest BCUT2D eigenvalue weighted by Crippen LogP contribution is -2.29. The van der Waals surface area contributed by atoms with Crippen LogP contribution in [-0.2, 0) is 0 Å². The number of hydrogen-bond acceptors (Lipinski definition) is 3. The maximum Gasteiger partial charge on any atom is 0.446 e. The Morgan fingerprint density at radius 3 is 2.65 bits per heavy atom. The minimum Gasteiger partial charge on any atom is -0.396 e. The lowest BCUT2D eigenvalue weighted by atomic mass is 10.1. The van der Waals surface area contributed by atoms with Gasteiger partial charge in [-0.15, -0.1) is 0 Å². The number of carbonyl (C=O) groups is 1. The average Bonchev–Trinajstić information content (AvgIpc) is 2.35. The Hall–Kier alpha value is -1.21. The summed E-state index contributed by atoms with van der Waals surface area (Å²) >= 11 is -0.301. The fourth-order valence-electron chi connectivity index (χ4n) is 1.55. The van der Waals surface area contributed by atoms with Crippen molar-refractivity contribution >= 4 is 17.7 Å². The highest BCUT2D eigenvalue weighted by Gasteiger charge is 2.31. The smallest absolute Gasteiger partial charge is 0.396 e. The fourth-order valence-corrected chi connectivity index (χ4v) is 2.22. The number of aliphatic hydroxyl groups excluding tert-OH is 1. The van der Waals surface area contributed by atoms with Crippen LogP contribution in [0.25, 0.3) is 0 Å². The summed E-state index contributed by atoms with van der Waals surface area (Å²) in [5, 5.41) is 11.3. The summed E-state index contributed by atoms with van der Waals surface area (Å²) in [6.07, 6.45) is 0.527. The van der Waals surface area contributed by atoms with Crippen molar-refractivity contribution in [2.45, 2.75) is 23.7 Å². The van der Waals surface area contributed by atoms with E-state index in [9.17, 15) is 18.0 Å². The van der Waals surface area contributed by atoms with Crippen molar-refractivity contribution in [1.29, 1.82) is 0 Å². The summed E-state index contributed by atoms with van der Waals surface area (Å²) in [7, 11) is 0. The predicted molar refractivity (Wildman–Crippen MR) is 71.6 cm³/mol. The molecule has 0 aromatic heterocycles. The summed E-state index contributed by atoms with van der Waals surface area (Å²) in [4.78, 5) is 11.8. The number of thioether (sulfide) groups is 1. The molecule has 0 saturated carbocycles. The van der Waals surface area contributed by atoms with Crippen molar-refractivity contribution in [2.75, 3.05) is 13.2 Å². The number of rotatable bonds is 6. The molecule has 3 nitrogen and oxygen atoms in total. The highest BCUT2D eigenvalue weighted by Crippen LogP contribution is 2.38. The number of halogens is 3. The molecule has 0 spiro atoms.